The van der Waals surface area contributed by atoms with Crippen LogP contribution in [-0.2, 0) is 4.79 Å². The summed E-state index contributed by atoms with van der Waals surface area (Å²) in [6.45, 7) is 0. The summed E-state index contributed by atoms with van der Waals surface area (Å²) in [5.41, 5.74) is 0.815. The maximum atomic E-state index is 10.00. The predicted octanol–water partition coefficient (Wildman–Crippen LogP) is 1.89. The molecule has 1 aromatic rings. The van der Waals surface area contributed by atoms with E-state index >= 15 is 0 Å². The number of benzene rings is 1. The van der Waals surface area contributed by atoms with E-state index in [0.29, 0.717) is 0 Å². The van der Waals surface area contributed by atoms with Crippen LogP contribution in [0.3, 0.4) is 0 Å². The first kappa shape index (κ1) is 8.14. The number of hydrogen-bond donors (Lipinski definition) is 1. The minimum atomic E-state index is 0.815. The van der Waals surface area contributed by atoms with Gasteiger partial charge in [-0.2, -0.15) is 0 Å². The molecule has 0 spiro atoms. The van der Waals surface area contributed by atoms with E-state index < -0.39 is 0 Å². The van der Waals surface area contributed by atoms with E-state index in [4.69, 9.17) is 0 Å². The van der Waals surface area contributed by atoms with Crippen molar-refractivity contribution in [1.82, 2.24) is 0 Å². The SMILES string of the molecule is CSc1ccccc1N[C]=O. The van der Waals surface area contributed by atoms with Gasteiger partial charge in [-0.1, -0.05) is 12.1 Å². The van der Waals surface area contributed by atoms with E-state index in [9.17, 15) is 4.79 Å². The molecular weight excluding hydrogens is 158 g/mol. The van der Waals surface area contributed by atoms with Crippen molar-refractivity contribution in [1.29, 1.82) is 0 Å². The van der Waals surface area contributed by atoms with Crippen LogP contribution in [0, 0.1) is 0 Å². The number of hydrogen-bond acceptors (Lipinski definition) is 2. The maximum absolute atomic E-state index is 10.00. The van der Waals surface area contributed by atoms with E-state index in [-0.39, 0.29) is 0 Å². The number of rotatable bonds is 3. The molecule has 2 nitrogen and oxygen atoms in total. The average molecular weight is 166 g/mol. The molecule has 0 heterocycles. The lowest BCUT2D eigenvalue weighted by molar-refractivity contribution is 0.561. The highest BCUT2D eigenvalue weighted by atomic mass is 32.2. The Labute approximate surface area is 70.0 Å². The van der Waals surface area contributed by atoms with E-state index in [2.05, 4.69) is 5.32 Å². The number of amides is 1. The lowest BCUT2D eigenvalue weighted by Crippen LogP contribution is -1.94. The molecule has 1 amide bonds. The zero-order valence-electron chi connectivity index (χ0n) is 6.13. The summed E-state index contributed by atoms with van der Waals surface area (Å²) in [7, 11) is 0. The highest BCUT2D eigenvalue weighted by molar-refractivity contribution is 7.98. The molecule has 0 saturated heterocycles. The molecule has 0 saturated carbocycles. The fourth-order valence-electron chi connectivity index (χ4n) is 0.803. The standard InChI is InChI=1S/C8H8NOS/c1-11-8-5-3-2-4-7(8)9-6-10/h2-5H,1H3,(H,9,10). The van der Waals surface area contributed by atoms with Crippen LogP contribution in [-0.4, -0.2) is 12.7 Å². The van der Waals surface area contributed by atoms with Crippen molar-refractivity contribution in [3.05, 3.63) is 24.3 Å². The van der Waals surface area contributed by atoms with Crippen LogP contribution in [0.2, 0.25) is 0 Å². The smallest absolute Gasteiger partial charge is 0.314 e. The Bertz CT molecular complexity index is 250. The number of carbonyl (C=O) groups excluding carboxylic acids is 1. The van der Waals surface area contributed by atoms with Crippen LogP contribution in [0.5, 0.6) is 0 Å². The number of nitrogens with one attached hydrogen (secondary N) is 1. The third kappa shape index (κ3) is 1.98. The summed E-state index contributed by atoms with van der Waals surface area (Å²) in [4.78, 5) is 11.0. The molecule has 1 rings (SSSR count). The fourth-order valence-corrected chi connectivity index (χ4v) is 1.36. The summed E-state index contributed by atoms with van der Waals surface area (Å²) < 4.78 is 0. The largest absolute Gasteiger partial charge is 0.317 e. The highest BCUT2D eigenvalue weighted by Crippen LogP contribution is 2.23. The predicted molar refractivity (Wildman–Crippen MR) is 47.5 cm³/mol. The Balaban J connectivity index is 2.92. The Kier molecular flexibility index (Phi) is 2.98. The second-order valence-corrected chi connectivity index (χ2v) is 2.78. The zero-order valence-corrected chi connectivity index (χ0v) is 6.94. The molecule has 0 aromatic heterocycles. The van der Waals surface area contributed by atoms with Crippen LogP contribution in [0.15, 0.2) is 29.2 Å². The quantitative estimate of drug-likeness (QED) is 0.548. The molecule has 0 aliphatic rings. The summed E-state index contributed by atoms with van der Waals surface area (Å²) in [5, 5.41) is 2.50. The topological polar surface area (TPSA) is 29.1 Å². The number of para-hydroxylation sites is 1. The van der Waals surface area contributed by atoms with Gasteiger partial charge in [0.15, 0.2) is 0 Å². The number of anilines is 1. The van der Waals surface area contributed by atoms with E-state index in [1.807, 2.05) is 30.5 Å². The molecule has 0 aliphatic carbocycles. The Morgan fingerprint density at radius 1 is 1.45 bits per heavy atom. The monoisotopic (exact) mass is 166 g/mol. The van der Waals surface area contributed by atoms with Crippen LogP contribution in [0.25, 0.3) is 0 Å². The van der Waals surface area contributed by atoms with Crippen molar-refractivity contribution in [3.8, 4) is 0 Å². The average Bonchev–Trinajstić information content (AvgIpc) is 2.06. The summed E-state index contributed by atoms with van der Waals surface area (Å²) in [5.74, 6) is 0. The molecule has 0 unspecified atom stereocenters. The third-order valence-corrected chi connectivity index (χ3v) is 2.09. The van der Waals surface area contributed by atoms with Crippen LogP contribution in [0.1, 0.15) is 0 Å². The molecule has 1 N–H and O–H groups in total. The highest BCUT2D eigenvalue weighted by Gasteiger charge is 1.96. The van der Waals surface area contributed by atoms with E-state index in [1.54, 1.807) is 18.2 Å². The first-order valence-electron chi connectivity index (χ1n) is 3.14. The Hall–Kier alpha value is -0.960. The van der Waals surface area contributed by atoms with Gasteiger partial charge in [-0.15, -0.1) is 11.8 Å². The normalized spacial score (nSPS) is 9.18. The molecule has 11 heavy (non-hydrogen) atoms. The molecule has 0 fully saturated rings. The first-order valence-corrected chi connectivity index (χ1v) is 4.37. The van der Waals surface area contributed by atoms with Gasteiger partial charge in [0.05, 0.1) is 5.69 Å². The van der Waals surface area contributed by atoms with Crippen molar-refractivity contribution < 1.29 is 4.79 Å². The Morgan fingerprint density at radius 2 is 2.18 bits per heavy atom. The van der Waals surface area contributed by atoms with Crippen molar-refractivity contribution in [3.63, 3.8) is 0 Å². The molecule has 0 atom stereocenters. The molecule has 0 aliphatic heterocycles. The number of thioether (sulfide) groups is 1. The van der Waals surface area contributed by atoms with Gasteiger partial charge in [-0.05, 0) is 18.4 Å². The van der Waals surface area contributed by atoms with Gasteiger partial charge in [0, 0.05) is 4.90 Å². The van der Waals surface area contributed by atoms with Crippen molar-refractivity contribution in [2.75, 3.05) is 11.6 Å². The van der Waals surface area contributed by atoms with E-state index in [0.717, 1.165) is 10.6 Å². The van der Waals surface area contributed by atoms with Crippen LogP contribution < -0.4 is 5.32 Å². The molecule has 1 aromatic carbocycles. The maximum Gasteiger partial charge on any atom is 0.314 e. The van der Waals surface area contributed by atoms with Gasteiger partial charge in [-0.25, -0.2) is 0 Å². The molecule has 57 valence electrons. The molecule has 1 radical (unpaired) electrons. The summed E-state index contributed by atoms with van der Waals surface area (Å²) >= 11 is 1.59. The summed E-state index contributed by atoms with van der Waals surface area (Å²) in [6.07, 6.45) is 3.61. The van der Waals surface area contributed by atoms with Gasteiger partial charge in [0.1, 0.15) is 0 Å². The second-order valence-electron chi connectivity index (χ2n) is 1.93. The van der Waals surface area contributed by atoms with Gasteiger partial charge < -0.3 is 5.32 Å². The Morgan fingerprint density at radius 3 is 2.82 bits per heavy atom. The zero-order chi connectivity index (χ0) is 8.10. The van der Waals surface area contributed by atoms with Crippen molar-refractivity contribution >= 4 is 23.9 Å². The lowest BCUT2D eigenvalue weighted by atomic mass is 10.3. The van der Waals surface area contributed by atoms with Gasteiger partial charge >= 0.3 is 6.41 Å². The van der Waals surface area contributed by atoms with Gasteiger partial charge in [0.25, 0.3) is 0 Å². The third-order valence-electron chi connectivity index (χ3n) is 1.29. The molecule has 3 heteroatoms. The molecular formula is C8H8NOS. The van der Waals surface area contributed by atoms with Crippen LogP contribution in [0.4, 0.5) is 5.69 Å². The van der Waals surface area contributed by atoms with Gasteiger partial charge in [0.2, 0.25) is 0 Å². The minimum absolute atomic E-state index is 0.815. The lowest BCUT2D eigenvalue weighted by Gasteiger charge is -2.02. The minimum Gasteiger partial charge on any atom is -0.317 e. The second kappa shape index (κ2) is 4.03. The fraction of sp³-hybridized carbons (Fsp3) is 0.125. The van der Waals surface area contributed by atoms with Crippen LogP contribution >= 0.6 is 11.8 Å². The van der Waals surface area contributed by atoms with E-state index in [1.165, 1.54) is 0 Å². The van der Waals surface area contributed by atoms with Crippen molar-refractivity contribution in [2.24, 2.45) is 0 Å². The summed E-state index contributed by atoms with van der Waals surface area (Å²) in [6, 6.07) is 7.60. The van der Waals surface area contributed by atoms with Crippen molar-refractivity contribution in [2.45, 2.75) is 4.90 Å². The first-order chi connectivity index (χ1) is 5.38. The molecule has 0 bridgehead atoms. The van der Waals surface area contributed by atoms with Gasteiger partial charge in [-0.3, -0.25) is 4.79 Å².